The molecule has 3 rings (SSSR count). The molecule has 18 heavy (non-hydrogen) atoms. The summed E-state index contributed by atoms with van der Waals surface area (Å²) < 4.78 is 0. The van der Waals surface area contributed by atoms with Gasteiger partial charge in [0, 0.05) is 32.2 Å². The number of piperazine rings is 1. The molecule has 3 aliphatic rings. The fourth-order valence-electron chi connectivity index (χ4n) is 4.06. The quantitative estimate of drug-likeness (QED) is 0.828. The molecule has 104 valence electrons. The Kier molecular flexibility index (Phi) is 3.68. The highest BCUT2D eigenvalue weighted by atomic mass is 15.2. The van der Waals surface area contributed by atoms with E-state index in [9.17, 15) is 0 Å². The first-order chi connectivity index (χ1) is 8.65. The van der Waals surface area contributed by atoms with Crippen molar-refractivity contribution in [3.63, 3.8) is 0 Å². The van der Waals surface area contributed by atoms with Gasteiger partial charge in [-0.25, -0.2) is 0 Å². The van der Waals surface area contributed by atoms with Crippen molar-refractivity contribution in [2.75, 3.05) is 26.2 Å². The lowest BCUT2D eigenvalue weighted by atomic mass is 9.83. The molecule has 1 aliphatic heterocycles. The van der Waals surface area contributed by atoms with E-state index in [-0.39, 0.29) is 0 Å². The monoisotopic (exact) mass is 250 g/mol. The molecule has 0 amide bonds. The van der Waals surface area contributed by atoms with Gasteiger partial charge in [0.2, 0.25) is 0 Å². The van der Waals surface area contributed by atoms with Crippen LogP contribution in [0.15, 0.2) is 0 Å². The Hall–Kier alpha value is -0.0800. The Labute approximate surface area is 113 Å². The van der Waals surface area contributed by atoms with E-state index in [1.165, 1.54) is 64.7 Å². The molecule has 0 bridgehead atoms. The Bertz CT molecular complexity index is 281. The highest BCUT2D eigenvalue weighted by Gasteiger charge is 2.46. The van der Waals surface area contributed by atoms with Crippen molar-refractivity contribution >= 4 is 0 Å². The van der Waals surface area contributed by atoms with Crippen LogP contribution in [0.25, 0.3) is 0 Å². The summed E-state index contributed by atoms with van der Waals surface area (Å²) in [6.45, 7) is 10.0. The van der Waals surface area contributed by atoms with Crippen molar-refractivity contribution < 1.29 is 0 Å². The Balaban J connectivity index is 1.49. The molecule has 0 spiro atoms. The first kappa shape index (κ1) is 12.9. The molecule has 2 nitrogen and oxygen atoms in total. The Morgan fingerprint density at radius 2 is 1.89 bits per heavy atom. The lowest BCUT2D eigenvalue weighted by molar-refractivity contribution is 0.138. The minimum atomic E-state index is 0.644. The summed E-state index contributed by atoms with van der Waals surface area (Å²) in [6.07, 6.45) is 8.81. The van der Waals surface area contributed by atoms with Gasteiger partial charge in [-0.2, -0.15) is 0 Å². The molecule has 0 radical (unpaired) electrons. The SMILES string of the molecule is CC1(C)CC1CN1CCNC(C2CCCCC2)C1. The summed E-state index contributed by atoms with van der Waals surface area (Å²) in [4.78, 5) is 2.75. The summed E-state index contributed by atoms with van der Waals surface area (Å²) in [5.74, 6) is 1.94. The van der Waals surface area contributed by atoms with Gasteiger partial charge >= 0.3 is 0 Å². The minimum absolute atomic E-state index is 0.644. The van der Waals surface area contributed by atoms with Crippen molar-refractivity contribution in [3.05, 3.63) is 0 Å². The van der Waals surface area contributed by atoms with E-state index in [2.05, 4.69) is 24.1 Å². The second-order valence-electron chi connectivity index (χ2n) is 7.61. The molecule has 3 fully saturated rings. The third-order valence-corrected chi connectivity index (χ3v) is 5.70. The van der Waals surface area contributed by atoms with Crippen LogP contribution < -0.4 is 5.32 Å². The van der Waals surface area contributed by atoms with Crippen molar-refractivity contribution in [1.82, 2.24) is 10.2 Å². The first-order valence-corrected chi connectivity index (χ1v) is 8.11. The van der Waals surface area contributed by atoms with E-state index < -0.39 is 0 Å². The molecule has 2 unspecified atom stereocenters. The van der Waals surface area contributed by atoms with Crippen LogP contribution >= 0.6 is 0 Å². The van der Waals surface area contributed by atoms with E-state index >= 15 is 0 Å². The maximum Gasteiger partial charge on any atom is 0.0223 e. The van der Waals surface area contributed by atoms with Gasteiger partial charge in [-0.05, 0) is 36.5 Å². The molecule has 1 heterocycles. The highest BCUT2D eigenvalue weighted by molar-refractivity contribution is 4.98. The molecular formula is C16H30N2. The summed E-state index contributed by atoms with van der Waals surface area (Å²) in [6, 6.07) is 0.793. The second-order valence-corrected chi connectivity index (χ2v) is 7.61. The maximum atomic E-state index is 3.79. The fourth-order valence-corrected chi connectivity index (χ4v) is 4.06. The van der Waals surface area contributed by atoms with Gasteiger partial charge in [0.05, 0.1) is 0 Å². The van der Waals surface area contributed by atoms with E-state index in [1.807, 2.05) is 0 Å². The van der Waals surface area contributed by atoms with Gasteiger partial charge < -0.3 is 10.2 Å². The van der Waals surface area contributed by atoms with E-state index in [4.69, 9.17) is 0 Å². The minimum Gasteiger partial charge on any atom is -0.311 e. The van der Waals surface area contributed by atoms with Crippen LogP contribution in [0.4, 0.5) is 0 Å². The van der Waals surface area contributed by atoms with Crippen LogP contribution in [0.2, 0.25) is 0 Å². The Morgan fingerprint density at radius 3 is 2.56 bits per heavy atom. The summed E-state index contributed by atoms with van der Waals surface area (Å²) in [7, 11) is 0. The fraction of sp³-hybridized carbons (Fsp3) is 1.00. The van der Waals surface area contributed by atoms with E-state index in [1.54, 1.807) is 0 Å². The third-order valence-electron chi connectivity index (χ3n) is 5.70. The molecule has 2 aliphatic carbocycles. The molecule has 2 atom stereocenters. The topological polar surface area (TPSA) is 15.3 Å². The van der Waals surface area contributed by atoms with Crippen LogP contribution in [0.5, 0.6) is 0 Å². The molecule has 1 saturated heterocycles. The van der Waals surface area contributed by atoms with E-state index in [0.29, 0.717) is 5.41 Å². The molecular weight excluding hydrogens is 220 g/mol. The third kappa shape index (κ3) is 2.91. The van der Waals surface area contributed by atoms with Crippen molar-refractivity contribution in [1.29, 1.82) is 0 Å². The maximum absolute atomic E-state index is 3.79. The molecule has 0 aromatic heterocycles. The molecule has 2 heteroatoms. The first-order valence-electron chi connectivity index (χ1n) is 8.11. The normalized spacial score (nSPS) is 37.7. The van der Waals surface area contributed by atoms with Crippen LogP contribution in [0.3, 0.4) is 0 Å². The smallest absolute Gasteiger partial charge is 0.0223 e. The highest BCUT2D eigenvalue weighted by Crippen LogP contribution is 2.51. The van der Waals surface area contributed by atoms with Gasteiger partial charge in [-0.1, -0.05) is 33.1 Å². The zero-order valence-corrected chi connectivity index (χ0v) is 12.3. The number of hydrogen-bond donors (Lipinski definition) is 1. The van der Waals surface area contributed by atoms with Gasteiger partial charge in [0.1, 0.15) is 0 Å². The Morgan fingerprint density at radius 1 is 1.17 bits per heavy atom. The lowest BCUT2D eigenvalue weighted by Crippen LogP contribution is -2.54. The number of nitrogens with one attached hydrogen (secondary N) is 1. The second kappa shape index (κ2) is 5.13. The predicted octanol–water partition coefficient (Wildman–Crippen LogP) is 2.89. The molecule has 0 aromatic rings. The average Bonchev–Trinajstić information content (AvgIpc) is 2.98. The standard InChI is InChI=1S/C16H30N2/c1-16(2)10-14(16)11-18-9-8-17-15(12-18)13-6-4-3-5-7-13/h13-15,17H,3-12H2,1-2H3. The summed E-state index contributed by atoms with van der Waals surface area (Å²) >= 11 is 0. The van der Waals surface area contributed by atoms with Crippen LogP contribution in [0.1, 0.15) is 52.4 Å². The van der Waals surface area contributed by atoms with Gasteiger partial charge in [-0.3, -0.25) is 0 Å². The molecule has 0 aromatic carbocycles. The number of rotatable bonds is 3. The van der Waals surface area contributed by atoms with Crippen molar-refractivity contribution in [3.8, 4) is 0 Å². The number of nitrogens with zero attached hydrogens (tertiary/aromatic N) is 1. The average molecular weight is 250 g/mol. The summed E-state index contributed by atoms with van der Waals surface area (Å²) in [5, 5.41) is 3.79. The zero-order valence-electron chi connectivity index (χ0n) is 12.3. The summed E-state index contributed by atoms with van der Waals surface area (Å²) in [5.41, 5.74) is 0.644. The van der Waals surface area contributed by atoms with Crippen molar-refractivity contribution in [2.45, 2.75) is 58.4 Å². The molecule has 1 N–H and O–H groups in total. The van der Waals surface area contributed by atoms with Crippen LogP contribution in [-0.2, 0) is 0 Å². The van der Waals surface area contributed by atoms with Crippen LogP contribution in [-0.4, -0.2) is 37.1 Å². The van der Waals surface area contributed by atoms with E-state index in [0.717, 1.165) is 17.9 Å². The lowest BCUT2D eigenvalue weighted by Gasteiger charge is -2.39. The van der Waals surface area contributed by atoms with Gasteiger partial charge in [-0.15, -0.1) is 0 Å². The number of hydrogen-bond acceptors (Lipinski definition) is 2. The van der Waals surface area contributed by atoms with Crippen molar-refractivity contribution in [2.24, 2.45) is 17.3 Å². The predicted molar refractivity (Wildman–Crippen MR) is 76.7 cm³/mol. The zero-order chi connectivity index (χ0) is 12.6. The van der Waals surface area contributed by atoms with Gasteiger partial charge in [0.15, 0.2) is 0 Å². The largest absolute Gasteiger partial charge is 0.311 e. The van der Waals surface area contributed by atoms with Crippen LogP contribution in [0, 0.1) is 17.3 Å². The molecule has 2 saturated carbocycles. The van der Waals surface area contributed by atoms with Gasteiger partial charge in [0.25, 0.3) is 0 Å².